The molecule has 1 amide bonds. The van der Waals surface area contributed by atoms with E-state index < -0.39 is 0 Å². The van der Waals surface area contributed by atoms with Crippen LogP contribution in [0.2, 0.25) is 0 Å². The molecule has 9 heteroatoms. The number of methoxy groups -OCH3 is 1. The Labute approximate surface area is 268 Å². The SMILES string of the molecule is CCOC(=O)CC1CCC(C(=O)N(CC2CCC(c3ccc(OC)c(C)n3)CC2)c2cc(C3=CN(C(C)C)NC3)ccn2)CC1. The molecular formula is C36H51N5O4. The highest BCUT2D eigenvalue weighted by atomic mass is 16.5. The molecule has 0 atom stereocenters. The zero-order valence-electron chi connectivity index (χ0n) is 27.8. The molecule has 244 valence electrons. The quantitative estimate of drug-likeness (QED) is 0.288. The lowest BCUT2D eigenvalue weighted by Crippen LogP contribution is -2.42. The molecule has 0 unspecified atom stereocenters. The van der Waals surface area contributed by atoms with Gasteiger partial charge in [-0.3, -0.25) is 19.5 Å². The van der Waals surface area contributed by atoms with E-state index in [0.29, 0.717) is 43.4 Å². The van der Waals surface area contributed by atoms with Crippen molar-refractivity contribution in [1.29, 1.82) is 0 Å². The number of amides is 1. The Morgan fingerprint density at radius 2 is 1.78 bits per heavy atom. The highest BCUT2D eigenvalue weighted by Gasteiger charge is 2.34. The first kappa shape index (κ1) is 32.9. The van der Waals surface area contributed by atoms with Crippen LogP contribution in [0.3, 0.4) is 0 Å². The van der Waals surface area contributed by atoms with Crippen LogP contribution in [0.4, 0.5) is 5.82 Å². The smallest absolute Gasteiger partial charge is 0.306 e. The van der Waals surface area contributed by atoms with Gasteiger partial charge in [0, 0.05) is 55.5 Å². The van der Waals surface area contributed by atoms with Crippen LogP contribution < -0.4 is 15.1 Å². The van der Waals surface area contributed by atoms with Gasteiger partial charge in [0.25, 0.3) is 0 Å². The Morgan fingerprint density at radius 1 is 1.04 bits per heavy atom. The zero-order chi connectivity index (χ0) is 31.9. The highest BCUT2D eigenvalue weighted by molar-refractivity contribution is 5.94. The van der Waals surface area contributed by atoms with E-state index in [2.05, 4.69) is 42.6 Å². The maximum absolute atomic E-state index is 14.3. The normalized spacial score (nSPS) is 23.5. The maximum Gasteiger partial charge on any atom is 0.306 e. The molecule has 1 aliphatic heterocycles. The first-order chi connectivity index (χ1) is 21.7. The number of aryl methyl sites for hydroxylation is 1. The number of pyridine rings is 2. The summed E-state index contributed by atoms with van der Waals surface area (Å²) in [5, 5.41) is 2.13. The van der Waals surface area contributed by atoms with Gasteiger partial charge in [-0.25, -0.2) is 10.4 Å². The predicted molar refractivity (Wildman–Crippen MR) is 176 cm³/mol. The number of ether oxygens (including phenoxy) is 2. The van der Waals surface area contributed by atoms with Gasteiger partial charge in [-0.05, 0) is 126 Å². The molecule has 3 heterocycles. The van der Waals surface area contributed by atoms with Crippen molar-refractivity contribution >= 4 is 23.3 Å². The summed E-state index contributed by atoms with van der Waals surface area (Å²) in [4.78, 5) is 38.0. The number of nitrogens with one attached hydrogen (secondary N) is 1. The summed E-state index contributed by atoms with van der Waals surface area (Å²) < 4.78 is 10.6. The molecule has 0 saturated heterocycles. The summed E-state index contributed by atoms with van der Waals surface area (Å²) in [5.74, 6) is 2.68. The Hall–Kier alpha value is -3.46. The molecular weight excluding hydrogens is 566 g/mol. The molecule has 0 radical (unpaired) electrons. The third kappa shape index (κ3) is 8.23. The molecule has 2 saturated carbocycles. The Kier molecular flexibility index (Phi) is 11.1. The molecule has 0 aromatic carbocycles. The lowest BCUT2D eigenvalue weighted by atomic mass is 9.78. The molecule has 9 nitrogen and oxygen atoms in total. The fourth-order valence-electron chi connectivity index (χ4n) is 7.21. The lowest BCUT2D eigenvalue weighted by molar-refractivity contribution is -0.144. The van der Waals surface area contributed by atoms with E-state index in [1.165, 1.54) is 5.57 Å². The van der Waals surface area contributed by atoms with Crippen LogP contribution in [0.15, 0.2) is 36.7 Å². The molecule has 2 fully saturated rings. The van der Waals surface area contributed by atoms with E-state index in [1.807, 2.05) is 37.1 Å². The summed E-state index contributed by atoms with van der Waals surface area (Å²) >= 11 is 0. The lowest BCUT2D eigenvalue weighted by Gasteiger charge is -2.35. The molecule has 2 aromatic rings. The van der Waals surface area contributed by atoms with Crippen LogP contribution in [0.1, 0.15) is 101 Å². The van der Waals surface area contributed by atoms with Crippen molar-refractivity contribution in [3.63, 3.8) is 0 Å². The van der Waals surface area contributed by atoms with Crippen LogP contribution in [0.25, 0.3) is 5.57 Å². The minimum absolute atomic E-state index is 0.0551. The zero-order valence-corrected chi connectivity index (χ0v) is 27.8. The topological polar surface area (TPSA) is 96.9 Å². The third-order valence-electron chi connectivity index (χ3n) is 9.90. The van der Waals surface area contributed by atoms with Crippen LogP contribution in [0, 0.1) is 24.7 Å². The van der Waals surface area contributed by atoms with Gasteiger partial charge < -0.3 is 14.5 Å². The molecule has 2 aliphatic carbocycles. The van der Waals surface area contributed by atoms with E-state index in [1.54, 1.807) is 7.11 Å². The van der Waals surface area contributed by atoms with E-state index >= 15 is 0 Å². The summed E-state index contributed by atoms with van der Waals surface area (Å²) in [6.07, 6.45) is 12.0. The second-order valence-corrected chi connectivity index (χ2v) is 13.3. The molecule has 45 heavy (non-hydrogen) atoms. The van der Waals surface area contributed by atoms with Crippen LogP contribution in [0.5, 0.6) is 5.75 Å². The van der Waals surface area contributed by atoms with Crippen molar-refractivity contribution in [2.24, 2.45) is 17.8 Å². The minimum Gasteiger partial charge on any atom is -0.495 e. The Bertz CT molecular complexity index is 1340. The number of aromatic nitrogens is 2. The highest BCUT2D eigenvalue weighted by Crippen LogP contribution is 2.38. The van der Waals surface area contributed by atoms with Gasteiger partial charge in [0.1, 0.15) is 11.6 Å². The summed E-state index contributed by atoms with van der Waals surface area (Å²) in [5.41, 5.74) is 7.80. The largest absolute Gasteiger partial charge is 0.495 e. The van der Waals surface area contributed by atoms with Crippen molar-refractivity contribution in [1.82, 2.24) is 20.4 Å². The molecule has 1 N–H and O–H groups in total. The first-order valence-corrected chi connectivity index (χ1v) is 16.9. The maximum atomic E-state index is 14.3. The number of carbonyl (C=O) groups is 2. The second kappa shape index (κ2) is 15.2. The molecule has 0 spiro atoms. The van der Waals surface area contributed by atoms with Crippen molar-refractivity contribution < 1.29 is 19.1 Å². The number of nitrogens with zero attached hydrogens (tertiary/aromatic N) is 4. The first-order valence-electron chi connectivity index (χ1n) is 16.9. The van der Waals surface area contributed by atoms with Crippen LogP contribution in [-0.4, -0.2) is 59.7 Å². The average Bonchev–Trinajstić information content (AvgIpc) is 3.55. The standard InChI is InChI=1S/C36H51N5O4/c1-6-45-35(42)19-26-7-13-29(14-8-26)36(43)40(34-20-30(17-18-37-34)31-21-38-41(23-31)24(2)3)22-27-9-11-28(12-10-27)32-15-16-33(44-5)25(4)39-32/h15-18,20,23-24,26-29,38H,6-14,19,21-22H2,1-5H3. The Balaban J connectivity index is 1.30. The fraction of sp³-hybridized carbons (Fsp3) is 0.611. The number of esters is 1. The van der Waals surface area contributed by atoms with Crippen LogP contribution in [-0.2, 0) is 14.3 Å². The molecule has 0 bridgehead atoms. The average molecular weight is 618 g/mol. The van der Waals surface area contributed by atoms with Crippen molar-refractivity contribution in [2.75, 3.05) is 31.7 Å². The number of hydrazine groups is 1. The number of carbonyl (C=O) groups excluding carboxylic acids is 2. The number of hydrogen-bond donors (Lipinski definition) is 1. The molecule has 5 rings (SSSR count). The Morgan fingerprint density at radius 3 is 2.42 bits per heavy atom. The van der Waals surface area contributed by atoms with Gasteiger partial charge in [0.05, 0.1) is 19.4 Å². The van der Waals surface area contributed by atoms with E-state index in [9.17, 15) is 9.59 Å². The summed E-state index contributed by atoms with van der Waals surface area (Å²) in [6, 6.07) is 8.62. The van der Waals surface area contributed by atoms with Gasteiger partial charge >= 0.3 is 5.97 Å². The number of rotatable bonds is 11. The molecule has 2 aromatic heterocycles. The number of hydrogen-bond acceptors (Lipinski definition) is 8. The van der Waals surface area contributed by atoms with Crippen molar-refractivity contribution in [2.45, 2.75) is 97.4 Å². The van der Waals surface area contributed by atoms with Gasteiger partial charge in [-0.1, -0.05) is 0 Å². The minimum atomic E-state index is -0.128. The second-order valence-electron chi connectivity index (χ2n) is 13.3. The van der Waals surface area contributed by atoms with Crippen LogP contribution >= 0.6 is 0 Å². The van der Waals surface area contributed by atoms with Crippen molar-refractivity contribution in [3.05, 3.63) is 53.6 Å². The van der Waals surface area contributed by atoms with Gasteiger partial charge in [0.15, 0.2) is 0 Å². The number of anilines is 1. The van der Waals surface area contributed by atoms with E-state index in [-0.39, 0.29) is 17.8 Å². The monoisotopic (exact) mass is 617 g/mol. The van der Waals surface area contributed by atoms with E-state index in [4.69, 9.17) is 19.4 Å². The van der Waals surface area contributed by atoms with Gasteiger partial charge in [0.2, 0.25) is 5.91 Å². The molecule has 3 aliphatic rings. The summed E-state index contributed by atoms with van der Waals surface area (Å²) in [7, 11) is 1.68. The van der Waals surface area contributed by atoms with Gasteiger partial charge in [-0.2, -0.15) is 0 Å². The van der Waals surface area contributed by atoms with Crippen molar-refractivity contribution in [3.8, 4) is 5.75 Å². The summed E-state index contributed by atoms with van der Waals surface area (Å²) in [6.45, 7) is 10.0. The van der Waals surface area contributed by atoms with E-state index in [0.717, 1.165) is 86.4 Å². The third-order valence-corrected chi connectivity index (χ3v) is 9.90. The fourth-order valence-corrected chi connectivity index (χ4v) is 7.21. The van der Waals surface area contributed by atoms with Gasteiger partial charge in [-0.15, -0.1) is 0 Å². The predicted octanol–water partition coefficient (Wildman–Crippen LogP) is 6.43.